The minimum absolute atomic E-state index is 0.108. The van der Waals surface area contributed by atoms with Crippen LogP contribution in [-0.4, -0.2) is 65.8 Å². The minimum atomic E-state index is -0.404. The van der Waals surface area contributed by atoms with Crippen LogP contribution in [0.25, 0.3) is 0 Å². The quantitative estimate of drug-likeness (QED) is 0.857. The van der Waals surface area contributed by atoms with E-state index in [1.54, 1.807) is 0 Å². The lowest BCUT2D eigenvalue weighted by Gasteiger charge is -2.40. The highest BCUT2D eigenvalue weighted by Gasteiger charge is 2.44. The Bertz CT molecular complexity index is 434. The van der Waals surface area contributed by atoms with Crippen LogP contribution in [0.4, 0.5) is 4.79 Å². The third kappa shape index (κ3) is 4.23. The number of nitrogens with zero attached hydrogens (tertiary/aromatic N) is 2. The molecule has 3 aliphatic heterocycles. The molecule has 0 aliphatic carbocycles. The Balaban J connectivity index is 1.47. The smallest absolute Gasteiger partial charge is 0.410 e. The van der Waals surface area contributed by atoms with Crippen LogP contribution in [0.1, 0.15) is 59.8 Å². The average molecular weight is 338 g/mol. The Kier molecular flexibility index (Phi) is 5.40. The first-order chi connectivity index (χ1) is 11.4. The number of carbonyl (C=O) groups is 1. The molecule has 3 rings (SSSR count). The van der Waals surface area contributed by atoms with Gasteiger partial charge in [-0.1, -0.05) is 6.92 Å². The highest BCUT2D eigenvalue weighted by atomic mass is 16.6. The maximum absolute atomic E-state index is 12.5. The van der Waals surface area contributed by atoms with Crippen molar-refractivity contribution in [2.24, 2.45) is 5.92 Å². The van der Waals surface area contributed by atoms with Crippen molar-refractivity contribution in [1.82, 2.24) is 15.1 Å². The summed E-state index contributed by atoms with van der Waals surface area (Å²) in [6.07, 6.45) is 5.65. The summed E-state index contributed by atoms with van der Waals surface area (Å²) in [7, 11) is 0. The van der Waals surface area contributed by atoms with E-state index in [-0.39, 0.29) is 6.09 Å². The normalized spacial score (nSPS) is 33.9. The van der Waals surface area contributed by atoms with Crippen LogP contribution >= 0.6 is 0 Å². The zero-order valence-corrected chi connectivity index (χ0v) is 15.9. The monoisotopic (exact) mass is 337 g/mol. The number of fused-ring (bicyclic) bond motifs is 2. The van der Waals surface area contributed by atoms with Gasteiger partial charge in [0.05, 0.1) is 0 Å². The van der Waals surface area contributed by atoms with Gasteiger partial charge in [-0.15, -0.1) is 0 Å². The molecule has 0 saturated carbocycles. The van der Waals surface area contributed by atoms with Crippen LogP contribution in [0.5, 0.6) is 0 Å². The Morgan fingerprint density at radius 1 is 1.17 bits per heavy atom. The third-order valence-corrected chi connectivity index (χ3v) is 5.85. The number of amides is 1. The van der Waals surface area contributed by atoms with Gasteiger partial charge in [-0.05, 0) is 78.4 Å². The van der Waals surface area contributed by atoms with Crippen molar-refractivity contribution < 1.29 is 9.53 Å². The van der Waals surface area contributed by atoms with Crippen LogP contribution in [0.3, 0.4) is 0 Å². The molecule has 3 aliphatic rings. The average Bonchev–Trinajstić information content (AvgIpc) is 3.06. The van der Waals surface area contributed by atoms with Gasteiger partial charge in [0.15, 0.2) is 0 Å². The lowest BCUT2D eigenvalue weighted by Crippen LogP contribution is -2.53. The summed E-state index contributed by atoms with van der Waals surface area (Å²) in [6.45, 7) is 12.9. The van der Waals surface area contributed by atoms with Gasteiger partial charge in [0.1, 0.15) is 5.60 Å². The zero-order chi connectivity index (χ0) is 17.3. The van der Waals surface area contributed by atoms with Crippen molar-refractivity contribution in [3.63, 3.8) is 0 Å². The van der Waals surface area contributed by atoms with Crippen LogP contribution in [0.15, 0.2) is 0 Å². The van der Waals surface area contributed by atoms with Gasteiger partial charge in [-0.2, -0.15) is 0 Å². The first-order valence-electron chi connectivity index (χ1n) is 9.82. The molecule has 0 radical (unpaired) electrons. The molecule has 138 valence electrons. The molecule has 3 heterocycles. The molecule has 3 unspecified atom stereocenters. The summed E-state index contributed by atoms with van der Waals surface area (Å²) in [5.74, 6) is 0.798. The summed E-state index contributed by atoms with van der Waals surface area (Å²) in [6, 6.07) is 1.30. The van der Waals surface area contributed by atoms with Crippen molar-refractivity contribution in [2.75, 3.05) is 26.2 Å². The van der Waals surface area contributed by atoms with Crippen LogP contribution in [0, 0.1) is 5.92 Å². The molecule has 2 bridgehead atoms. The zero-order valence-electron chi connectivity index (χ0n) is 15.9. The summed E-state index contributed by atoms with van der Waals surface area (Å²) < 4.78 is 5.62. The van der Waals surface area contributed by atoms with Crippen LogP contribution in [0.2, 0.25) is 0 Å². The summed E-state index contributed by atoms with van der Waals surface area (Å²) >= 11 is 0. The van der Waals surface area contributed by atoms with E-state index in [1.807, 2.05) is 25.7 Å². The molecule has 3 saturated heterocycles. The molecule has 1 N–H and O–H groups in total. The van der Waals surface area contributed by atoms with Crippen LogP contribution in [-0.2, 0) is 4.74 Å². The summed E-state index contributed by atoms with van der Waals surface area (Å²) in [5, 5.41) is 3.81. The molecule has 5 nitrogen and oxygen atoms in total. The van der Waals surface area contributed by atoms with Gasteiger partial charge in [0, 0.05) is 24.7 Å². The number of hydrogen-bond acceptors (Lipinski definition) is 4. The second kappa shape index (κ2) is 7.20. The molecule has 1 amide bonds. The van der Waals surface area contributed by atoms with Gasteiger partial charge >= 0.3 is 6.09 Å². The molecular formula is C19H35N3O2. The van der Waals surface area contributed by atoms with Gasteiger partial charge < -0.3 is 19.9 Å². The van der Waals surface area contributed by atoms with Crippen molar-refractivity contribution in [3.8, 4) is 0 Å². The number of nitrogens with one attached hydrogen (secondary N) is 1. The maximum atomic E-state index is 12.5. The van der Waals surface area contributed by atoms with Crippen LogP contribution < -0.4 is 5.32 Å². The molecule has 0 aromatic heterocycles. The fraction of sp³-hybridized carbons (Fsp3) is 0.947. The Morgan fingerprint density at radius 3 is 2.38 bits per heavy atom. The van der Waals surface area contributed by atoms with Crippen molar-refractivity contribution in [2.45, 2.75) is 83.5 Å². The standard InChI is InChI=1S/C19H35N3O2/c1-5-21-9-8-14(13-21)12-20-15-10-16-6-7-17(11-15)22(16)18(23)24-19(2,3)4/h14-17,20H,5-13H2,1-4H3. The summed E-state index contributed by atoms with van der Waals surface area (Å²) in [5.41, 5.74) is -0.404. The lowest BCUT2D eigenvalue weighted by molar-refractivity contribution is 0.00461. The van der Waals surface area contributed by atoms with Crippen molar-refractivity contribution in [3.05, 3.63) is 0 Å². The van der Waals surface area contributed by atoms with E-state index in [0.29, 0.717) is 18.1 Å². The lowest BCUT2D eigenvalue weighted by atomic mass is 9.97. The van der Waals surface area contributed by atoms with Crippen molar-refractivity contribution >= 4 is 6.09 Å². The van der Waals surface area contributed by atoms with E-state index >= 15 is 0 Å². The van der Waals surface area contributed by atoms with E-state index in [4.69, 9.17) is 4.74 Å². The van der Waals surface area contributed by atoms with Crippen molar-refractivity contribution in [1.29, 1.82) is 0 Å². The molecule has 24 heavy (non-hydrogen) atoms. The highest BCUT2D eigenvalue weighted by Crippen LogP contribution is 2.37. The molecule has 3 atom stereocenters. The second-order valence-corrected chi connectivity index (χ2v) is 8.90. The second-order valence-electron chi connectivity index (χ2n) is 8.90. The fourth-order valence-corrected chi connectivity index (χ4v) is 4.66. The highest BCUT2D eigenvalue weighted by molar-refractivity contribution is 5.69. The molecule has 3 fully saturated rings. The Labute approximate surface area is 147 Å². The number of hydrogen-bond donors (Lipinski definition) is 1. The molecule has 5 heteroatoms. The molecule has 0 aromatic rings. The number of ether oxygens (including phenoxy) is 1. The third-order valence-electron chi connectivity index (χ3n) is 5.85. The van der Waals surface area contributed by atoms with Gasteiger partial charge in [-0.25, -0.2) is 4.79 Å². The number of piperidine rings is 1. The topological polar surface area (TPSA) is 44.8 Å². The predicted octanol–water partition coefficient (Wildman–Crippen LogP) is 2.85. The predicted molar refractivity (Wildman–Crippen MR) is 96.1 cm³/mol. The first kappa shape index (κ1) is 18.0. The number of carbonyl (C=O) groups excluding carboxylic acids is 1. The minimum Gasteiger partial charge on any atom is -0.444 e. The molecule has 0 aromatic carbocycles. The van der Waals surface area contributed by atoms with E-state index < -0.39 is 5.60 Å². The van der Waals surface area contributed by atoms with E-state index in [2.05, 4.69) is 17.1 Å². The first-order valence-corrected chi connectivity index (χ1v) is 9.82. The van der Waals surface area contributed by atoms with Gasteiger partial charge in [0.2, 0.25) is 0 Å². The SMILES string of the molecule is CCN1CCC(CNC2CC3CCC(C2)N3C(=O)OC(C)(C)C)C1. The maximum Gasteiger partial charge on any atom is 0.410 e. The summed E-state index contributed by atoms with van der Waals surface area (Å²) in [4.78, 5) is 17.1. The van der Waals surface area contributed by atoms with E-state index in [0.717, 1.165) is 38.1 Å². The number of likely N-dealkylation sites (tertiary alicyclic amines) is 1. The van der Waals surface area contributed by atoms with Gasteiger partial charge in [-0.3, -0.25) is 0 Å². The van der Waals surface area contributed by atoms with E-state index in [1.165, 1.54) is 26.1 Å². The molecule has 0 spiro atoms. The van der Waals surface area contributed by atoms with E-state index in [9.17, 15) is 4.79 Å². The molecular weight excluding hydrogens is 302 g/mol. The number of rotatable bonds is 4. The fourth-order valence-electron chi connectivity index (χ4n) is 4.66. The van der Waals surface area contributed by atoms with Gasteiger partial charge in [0.25, 0.3) is 0 Å². The Morgan fingerprint density at radius 2 is 1.83 bits per heavy atom. The Hall–Kier alpha value is -0.810. The largest absolute Gasteiger partial charge is 0.444 e.